The predicted molar refractivity (Wildman–Crippen MR) is 116 cm³/mol. The Bertz CT molecular complexity index is 841. The van der Waals surface area contributed by atoms with Crippen LogP contribution in [0.25, 0.3) is 0 Å². The molecule has 0 N–H and O–H groups in total. The summed E-state index contributed by atoms with van der Waals surface area (Å²) in [4.78, 5) is 15.0. The molecule has 6 heteroatoms. The van der Waals surface area contributed by atoms with E-state index in [4.69, 9.17) is 18.9 Å². The number of hydrogen-bond donors (Lipinski definition) is 0. The van der Waals surface area contributed by atoms with Crippen molar-refractivity contribution in [2.75, 3.05) is 41.5 Å². The van der Waals surface area contributed by atoms with Crippen LogP contribution in [-0.4, -0.2) is 52.3 Å². The van der Waals surface area contributed by atoms with E-state index in [0.717, 1.165) is 44.5 Å². The lowest BCUT2D eigenvalue weighted by Crippen LogP contribution is -2.38. The number of aryl methyl sites for hydroxylation is 1. The van der Waals surface area contributed by atoms with Gasteiger partial charge in [0.25, 0.3) is 5.91 Å². The smallest absolute Gasteiger partial charge is 0.257 e. The first-order valence-corrected chi connectivity index (χ1v) is 10.3. The minimum atomic E-state index is -0.0265. The molecule has 3 rings (SSSR count). The Morgan fingerprint density at radius 1 is 0.867 bits per heavy atom. The molecule has 162 valence electrons. The number of ether oxygens (including phenoxy) is 4. The molecule has 1 saturated heterocycles. The van der Waals surface area contributed by atoms with Crippen LogP contribution < -0.4 is 18.9 Å². The first-order valence-electron chi connectivity index (χ1n) is 10.3. The van der Waals surface area contributed by atoms with E-state index < -0.39 is 0 Å². The number of carbonyl (C=O) groups is 1. The van der Waals surface area contributed by atoms with Gasteiger partial charge in [0.15, 0.2) is 11.5 Å². The first kappa shape index (κ1) is 21.8. The predicted octanol–water partition coefficient (Wildman–Crippen LogP) is 4.21. The minimum absolute atomic E-state index is 0.0265. The van der Waals surface area contributed by atoms with Crippen molar-refractivity contribution in [3.05, 3.63) is 47.5 Å². The molecule has 2 aromatic rings. The fraction of sp³-hybridized carbons (Fsp3) is 0.458. The molecule has 30 heavy (non-hydrogen) atoms. The molecular formula is C24H31NO5. The van der Waals surface area contributed by atoms with Crippen molar-refractivity contribution in [2.45, 2.75) is 25.7 Å². The highest BCUT2D eigenvalue weighted by molar-refractivity contribution is 5.98. The maximum Gasteiger partial charge on any atom is 0.257 e. The standard InChI is InChI=1S/C24H31NO5/c1-27-19-9-7-17(8-10-19)5-6-18-11-13-25(14-12-18)24(26)20-15-22(29-3)23(30-4)16-21(20)28-2/h7-10,15-16,18H,5-6,11-14H2,1-4H3. The van der Waals surface area contributed by atoms with E-state index in [1.807, 2.05) is 17.0 Å². The van der Waals surface area contributed by atoms with Crippen molar-refractivity contribution in [3.63, 3.8) is 0 Å². The number of amides is 1. The minimum Gasteiger partial charge on any atom is -0.497 e. The Balaban J connectivity index is 1.58. The molecule has 1 amide bonds. The van der Waals surface area contributed by atoms with Gasteiger partial charge in [0.2, 0.25) is 0 Å². The van der Waals surface area contributed by atoms with Crippen molar-refractivity contribution in [1.82, 2.24) is 4.90 Å². The van der Waals surface area contributed by atoms with Crippen molar-refractivity contribution < 1.29 is 23.7 Å². The molecule has 0 aromatic heterocycles. The molecule has 1 fully saturated rings. The van der Waals surface area contributed by atoms with Crippen molar-refractivity contribution in [3.8, 4) is 23.0 Å². The van der Waals surface area contributed by atoms with Gasteiger partial charge in [-0.15, -0.1) is 0 Å². The van der Waals surface area contributed by atoms with Gasteiger partial charge in [-0.05, 0) is 49.3 Å². The van der Waals surface area contributed by atoms with Crippen LogP contribution in [0.3, 0.4) is 0 Å². The molecule has 0 unspecified atom stereocenters. The van der Waals surface area contributed by atoms with Gasteiger partial charge in [-0.2, -0.15) is 0 Å². The quantitative estimate of drug-likeness (QED) is 0.649. The molecule has 1 aliphatic rings. The lowest BCUT2D eigenvalue weighted by Gasteiger charge is -2.32. The second-order valence-corrected chi connectivity index (χ2v) is 7.53. The number of hydrogen-bond acceptors (Lipinski definition) is 5. The highest BCUT2D eigenvalue weighted by atomic mass is 16.5. The molecule has 2 aromatic carbocycles. The molecule has 6 nitrogen and oxygen atoms in total. The fourth-order valence-electron chi connectivity index (χ4n) is 3.95. The van der Waals surface area contributed by atoms with Crippen LogP contribution in [-0.2, 0) is 6.42 Å². The highest BCUT2D eigenvalue weighted by Gasteiger charge is 2.26. The Hall–Kier alpha value is -2.89. The number of piperidine rings is 1. The number of rotatable bonds is 8. The second-order valence-electron chi connectivity index (χ2n) is 7.53. The Morgan fingerprint density at radius 3 is 2.03 bits per heavy atom. The molecule has 1 heterocycles. The normalized spacial score (nSPS) is 14.3. The third-order valence-corrected chi connectivity index (χ3v) is 5.84. The number of nitrogens with zero attached hydrogens (tertiary/aromatic N) is 1. The number of carbonyl (C=O) groups excluding carboxylic acids is 1. The summed E-state index contributed by atoms with van der Waals surface area (Å²) in [5, 5.41) is 0. The summed E-state index contributed by atoms with van der Waals surface area (Å²) in [5.41, 5.74) is 1.83. The van der Waals surface area contributed by atoms with Crippen LogP contribution in [0.5, 0.6) is 23.0 Å². The summed E-state index contributed by atoms with van der Waals surface area (Å²) in [6, 6.07) is 11.7. The van der Waals surface area contributed by atoms with Gasteiger partial charge in [0, 0.05) is 25.2 Å². The lowest BCUT2D eigenvalue weighted by atomic mass is 9.90. The molecule has 0 radical (unpaired) electrons. The van der Waals surface area contributed by atoms with Gasteiger partial charge in [0.1, 0.15) is 11.5 Å². The average Bonchev–Trinajstić information content (AvgIpc) is 2.81. The largest absolute Gasteiger partial charge is 0.497 e. The van der Waals surface area contributed by atoms with Gasteiger partial charge in [-0.1, -0.05) is 12.1 Å². The van der Waals surface area contributed by atoms with Crippen LogP contribution in [0.15, 0.2) is 36.4 Å². The van der Waals surface area contributed by atoms with E-state index in [-0.39, 0.29) is 5.91 Å². The molecule has 0 spiro atoms. The van der Waals surface area contributed by atoms with Gasteiger partial charge >= 0.3 is 0 Å². The van der Waals surface area contributed by atoms with Gasteiger partial charge in [-0.3, -0.25) is 4.79 Å². The van der Waals surface area contributed by atoms with E-state index in [2.05, 4.69) is 12.1 Å². The lowest BCUT2D eigenvalue weighted by molar-refractivity contribution is 0.0683. The molecular weight excluding hydrogens is 382 g/mol. The van der Waals surface area contributed by atoms with Crippen LogP contribution >= 0.6 is 0 Å². The third kappa shape index (κ3) is 4.99. The Kier molecular flexibility index (Phi) is 7.44. The first-order chi connectivity index (χ1) is 14.6. The summed E-state index contributed by atoms with van der Waals surface area (Å²) in [6.45, 7) is 1.51. The highest BCUT2D eigenvalue weighted by Crippen LogP contribution is 2.36. The van der Waals surface area contributed by atoms with Crippen LogP contribution in [0.2, 0.25) is 0 Å². The zero-order valence-electron chi connectivity index (χ0n) is 18.3. The summed E-state index contributed by atoms with van der Waals surface area (Å²) in [6.07, 6.45) is 4.20. The SMILES string of the molecule is COc1ccc(CCC2CCN(C(=O)c3cc(OC)c(OC)cc3OC)CC2)cc1. The van der Waals surface area contributed by atoms with Crippen LogP contribution in [0.1, 0.15) is 35.2 Å². The average molecular weight is 414 g/mol. The van der Waals surface area contributed by atoms with Crippen LogP contribution in [0, 0.1) is 5.92 Å². The maximum atomic E-state index is 13.1. The summed E-state index contributed by atoms with van der Waals surface area (Å²) < 4.78 is 21.3. The third-order valence-electron chi connectivity index (χ3n) is 5.84. The Labute approximate surface area is 178 Å². The van der Waals surface area contributed by atoms with Crippen molar-refractivity contribution in [1.29, 1.82) is 0 Å². The fourth-order valence-corrected chi connectivity index (χ4v) is 3.95. The number of benzene rings is 2. The maximum absolute atomic E-state index is 13.1. The number of likely N-dealkylation sites (tertiary alicyclic amines) is 1. The zero-order chi connectivity index (χ0) is 21.5. The monoisotopic (exact) mass is 413 g/mol. The van der Waals surface area contributed by atoms with E-state index >= 15 is 0 Å². The molecule has 1 aliphatic heterocycles. The van der Waals surface area contributed by atoms with Crippen molar-refractivity contribution in [2.24, 2.45) is 5.92 Å². The van der Waals surface area contributed by atoms with Gasteiger partial charge in [-0.25, -0.2) is 0 Å². The van der Waals surface area contributed by atoms with Gasteiger partial charge < -0.3 is 23.8 Å². The summed E-state index contributed by atoms with van der Waals surface area (Å²) in [5.74, 6) is 3.06. The molecule has 0 bridgehead atoms. The summed E-state index contributed by atoms with van der Waals surface area (Å²) >= 11 is 0. The second kappa shape index (κ2) is 10.2. The summed E-state index contributed by atoms with van der Waals surface area (Å²) in [7, 11) is 6.37. The van der Waals surface area contributed by atoms with Gasteiger partial charge in [0.05, 0.1) is 34.0 Å². The van der Waals surface area contributed by atoms with E-state index in [1.165, 1.54) is 5.56 Å². The van der Waals surface area contributed by atoms with Crippen molar-refractivity contribution >= 4 is 5.91 Å². The van der Waals surface area contributed by atoms with E-state index in [1.54, 1.807) is 40.6 Å². The molecule has 0 atom stereocenters. The Morgan fingerprint density at radius 2 is 1.47 bits per heavy atom. The zero-order valence-corrected chi connectivity index (χ0v) is 18.3. The number of methoxy groups -OCH3 is 4. The van der Waals surface area contributed by atoms with Crippen LogP contribution in [0.4, 0.5) is 0 Å². The van der Waals surface area contributed by atoms with E-state index in [9.17, 15) is 4.79 Å². The molecule has 0 aliphatic carbocycles. The molecule has 0 saturated carbocycles. The topological polar surface area (TPSA) is 57.2 Å². The van der Waals surface area contributed by atoms with E-state index in [0.29, 0.717) is 28.7 Å².